The minimum atomic E-state index is -0.754. The van der Waals surface area contributed by atoms with Crippen LogP contribution in [0.15, 0.2) is 18.2 Å². The van der Waals surface area contributed by atoms with Gasteiger partial charge in [-0.25, -0.2) is 8.78 Å². The molecule has 1 saturated carbocycles. The Balaban J connectivity index is 2.18. The highest BCUT2D eigenvalue weighted by Crippen LogP contribution is 2.37. The summed E-state index contributed by atoms with van der Waals surface area (Å²) >= 11 is 0. The molecule has 2 rings (SSSR count). The van der Waals surface area contributed by atoms with E-state index < -0.39 is 11.6 Å². The highest BCUT2D eigenvalue weighted by Gasteiger charge is 2.30. The van der Waals surface area contributed by atoms with Crippen LogP contribution < -0.4 is 5.73 Å². The average Bonchev–Trinajstić information content (AvgIpc) is 2.38. The lowest BCUT2D eigenvalue weighted by molar-refractivity contribution is 0.214. The summed E-state index contributed by atoms with van der Waals surface area (Å²) in [5.41, 5.74) is 6.41. The van der Waals surface area contributed by atoms with E-state index in [1.54, 1.807) is 12.1 Å². The van der Waals surface area contributed by atoms with Crippen LogP contribution in [-0.4, -0.2) is 6.54 Å². The van der Waals surface area contributed by atoms with E-state index in [1.807, 2.05) is 0 Å². The third-order valence-corrected chi connectivity index (χ3v) is 4.44. The second kappa shape index (κ2) is 6.47. The number of halogens is 2. The molecule has 106 valence electrons. The van der Waals surface area contributed by atoms with Gasteiger partial charge in [-0.05, 0) is 42.9 Å². The molecule has 0 atom stereocenters. The standard InChI is InChI=1S/C16H23F2N/c17-14-8-6-7-13(15(14)18)11-16(12-19)9-4-2-1-3-5-10-16/h6-8H,1-5,9-12,19H2. The Hall–Kier alpha value is -0.960. The second-order valence-electron chi connectivity index (χ2n) is 5.86. The summed E-state index contributed by atoms with van der Waals surface area (Å²) in [5.74, 6) is -1.45. The Kier molecular flexibility index (Phi) is 4.92. The normalized spacial score (nSPS) is 19.7. The van der Waals surface area contributed by atoms with Gasteiger partial charge in [-0.1, -0.05) is 44.2 Å². The molecule has 0 bridgehead atoms. The minimum absolute atomic E-state index is 0.0466. The molecule has 1 aliphatic carbocycles. The topological polar surface area (TPSA) is 26.0 Å². The van der Waals surface area contributed by atoms with Crippen LogP contribution in [0.4, 0.5) is 8.78 Å². The van der Waals surface area contributed by atoms with Gasteiger partial charge in [0.1, 0.15) is 0 Å². The molecule has 0 aliphatic heterocycles. The molecule has 3 heteroatoms. The molecule has 0 heterocycles. The predicted octanol–water partition coefficient (Wildman–Crippen LogP) is 4.20. The first-order valence-corrected chi connectivity index (χ1v) is 7.30. The zero-order valence-electron chi connectivity index (χ0n) is 11.4. The van der Waals surface area contributed by atoms with Crippen molar-refractivity contribution in [3.05, 3.63) is 35.4 Å². The maximum atomic E-state index is 13.8. The van der Waals surface area contributed by atoms with Crippen LogP contribution in [0, 0.1) is 17.0 Å². The predicted molar refractivity (Wildman–Crippen MR) is 73.9 cm³/mol. The molecule has 1 nitrogen and oxygen atoms in total. The zero-order valence-corrected chi connectivity index (χ0v) is 11.4. The largest absolute Gasteiger partial charge is 0.330 e. The number of hydrogen-bond donors (Lipinski definition) is 1. The van der Waals surface area contributed by atoms with Crippen LogP contribution in [0.5, 0.6) is 0 Å². The summed E-state index contributed by atoms with van der Waals surface area (Å²) in [7, 11) is 0. The molecule has 19 heavy (non-hydrogen) atoms. The van der Waals surface area contributed by atoms with Gasteiger partial charge in [0, 0.05) is 0 Å². The first-order chi connectivity index (χ1) is 9.17. The Morgan fingerprint density at radius 3 is 2.26 bits per heavy atom. The third-order valence-electron chi connectivity index (χ3n) is 4.44. The lowest BCUT2D eigenvalue weighted by atomic mass is 9.72. The minimum Gasteiger partial charge on any atom is -0.330 e. The van der Waals surface area contributed by atoms with Crippen LogP contribution in [0.3, 0.4) is 0 Å². The maximum Gasteiger partial charge on any atom is 0.162 e. The monoisotopic (exact) mass is 267 g/mol. The van der Waals surface area contributed by atoms with Gasteiger partial charge in [0.25, 0.3) is 0 Å². The van der Waals surface area contributed by atoms with Crippen molar-refractivity contribution in [3.63, 3.8) is 0 Å². The molecular formula is C16H23F2N. The smallest absolute Gasteiger partial charge is 0.162 e. The molecule has 1 aliphatic rings. The highest BCUT2D eigenvalue weighted by molar-refractivity contribution is 5.20. The molecular weight excluding hydrogens is 244 g/mol. The molecule has 0 saturated heterocycles. The van der Waals surface area contributed by atoms with Crippen molar-refractivity contribution < 1.29 is 8.78 Å². The summed E-state index contributed by atoms with van der Waals surface area (Å²) in [6.07, 6.45) is 8.66. The van der Waals surface area contributed by atoms with Gasteiger partial charge >= 0.3 is 0 Å². The van der Waals surface area contributed by atoms with Gasteiger partial charge < -0.3 is 5.73 Å². The van der Waals surface area contributed by atoms with Crippen molar-refractivity contribution in [3.8, 4) is 0 Å². The summed E-state index contributed by atoms with van der Waals surface area (Å²) < 4.78 is 27.1. The Labute approximate surface area is 114 Å². The summed E-state index contributed by atoms with van der Waals surface area (Å²) in [5, 5.41) is 0. The molecule has 0 unspecified atom stereocenters. The second-order valence-corrected chi connectivity index (χ2v) is 5.86. The fourth-order valence-electron chi connectivity index (χ4n) is 3.20. The van der Waals surface area contributed by atoms with Crippen LogP contribution >= 0.6 is 0 Å². The lowest BCUT2D eigenvalue weighted by Crippen LogP contribution is -2.34. The molecule has 1 fully saturated rings. The van der Waals surface area contributed by atoms with Gasteiger partial charge in [-0.15, -0.1) is 0 Å². The average molecular weight is 267 g/mol. The SMILES string of the molecule is NCC1(Cc2cccc(F)c2F)CCCCCCC1. The first kappa shape index (κ1) is 14.4. The van der Waals surface area contributed by atoms with Crippen molar-refractivity contribution in [1.82, 2.24) is 0 Å². The summed E-state index contributed by atoms with van der Waals surface area (Å²) in [4.78, 5) is 0. The van der Waals surface area contributed by atoms with E-state index in [0.717, 1.165) is 25.7 Å². The Morgan fingerprint density at radius 2 is 1.63 bits per heavy atom. The molecule has 0 aromatic heterocycles. The van der Waals surface area contributed by atoms with E-state index in [2.05, 4.69) is 0 Å². The quantitative estimate of drug-likeness (QED) is 0.872. The van der Waals surface area contributed by atoms with E-state index >= 15 is 0 Å². The van der Waals surface area contributed by atoms with Crippen LogP contribution in [0.1, 0.15) is 50.5 Å². The van der Waals surface area contributed by atoms with E-state index in [1.165, 1.54) is 25.3 Å². The van der Waals surface area contributed by atoms with Crippen molar-refractivity contribution >= 4 is 0 Å². The molecule has 2 N–H and O–H groups in total. The van der Waals surface area contributed by atoms with Crippen LogP contribution in [0.25, 0.3) is 0 Å². The van der Waals surface area contributed by atoms with E-state index in [-0.39, 0.29) is 5.41 Å². The van der Waals surface area contributed by atoms with Crippen molar-refractivity contribution in [2.45, 2.75) is 51.4 Å². The maximum absolute atomic E-state index is 13.8. The molecule has 0 spiro atoms. The van der Waals surface area contributed by atoms with E-state index in [9.17, 15) is 8.78 Å². The Morgan fingerprint density at radius 1 is 1.00 bits per heavy atom. The molecule has 1 aromatic carbocycles. The zero-order chi connectivity index (χ0) is 13.7. The first-order valence-electron chi connectivity index (χ1n) is 7.30. The lowest BCUT2D eigenvalue weighted by Gasteiger charge is -2.34. The van der Waals surface area contributed by atoms with Crippen LogP contribution in [-0.2, 0) is 6.42 Å². The van der Waals surface area contributed by atoms with Crippen molar-refractivity contribution in [2.75, 3.05) is 6.54 Å². The summed E-state index contributed by atoms with van der Waals surface area (Å²) in [6.45, 7) is 0.558. The van der Waals surface area contributed by atoms with Crippen LogP contribution in [0.2, 0.25) is 0 Å². The Bertz CT molecular complexity index is 409. The molecule has 1 aromatic rings. The third kappa shape index (κ3) is 3.53. The van der Waals surface area contributed by atoms with Crippen molar-refractivity contribution in [1.29, 1.82) is 0 Å². The fraction of sp³-hybridized carbons (Fsp3) is 0.625. The van der Waals surface area contributed by atoms with Gasteiger partial charge in [0.15, 0.2) is 11.6 Å². The molecule has 0 amide bonds. The highest BCUT2D eigenvalue weighted by atomic mass is 19.2. The van der Waals surface area contributed by atoms with Crippen molar-refractivity contribution in [2.24, 2.45) is 11.1 Å². The number of nitrogens with two attached hydrogens (primary N) is 1. The van der Waals surface area contributed by atoms with Gasteiger partial charge in [-0.2, -0.15) is 0 Å². The van der Waals surface area contributed by atoms with E-state index in [0.29, 0.717) is 18.5 Å². The van der Waals surface area contributed by atoms with Gasteiger partial charge in [0.2, 0.25) is 0 Å². The fourth-order valence-corrected chi connectivity index (χ4v) is 3.20. The van der Waals surface area contributed by atoms with E-state index in [4.69, 9.17) is 5.73 Å². The number of hydrogen-bond acceptors (Lipinski definition) is 1. The number of benzene rings is 1. The van der Waals surface area contributed by atoms with Gasteiger partial charge in [-0.3, -0.25) is 0 Å². The number of rotatable bonds is 3. The van der Waals surface area contributed by atoms with Gasteiger partial charge in [0.05, 0.1) is 0 Å². The summed E-state index contributed by atoms with van der Waals surface area (Å²) in [6, 6.07) is 4.45. The molecule has 0 radical (unpaired) electrons.